The number of carbonyl (C=O) groups excluding carboxylic acids is 1. The van der Waals surface area contributed by atoms with Gasteiger partial charge in [0.25, 0.3) is 0 Å². The van der Waals surface area contributed by atoms with Gasteiger partial charge in [0.05, 0.1) is 5.69 Å². The van der Waals surface area contributed by atoms with Crippen LogP contribution in [0.15, 0.2) is 30.9 Å². The second kappa shape index (κ2) is 3.18. The molecule has 0 saturated carbocycles. The maximum Gasteiger partial charge on any atom is 0.250 e. The fourth-order valence-corrected chi connectivity index (χ4v) is 1.75. The Bertz CT molecular complexity index is 398. The van der Waals surface area contributed by atoms with E-state index in [1.54, 1.807) is 17.0 Å². The van der Waals surface area contributed by atoms with Crippen molar-refractivity contribution in [2.24, 2.45) is 0 Å². The van der Waals surface area contributed by atoms with Gasteiger partial charge < -0.3 is 10.0 Å². The van der Waals surface area contributed by atoms with E-state index in [1.807, 2.05) is 6.07 Å². The van der Waals surface area contributed by atoms with Crippen molar-refractivity contribution in [2.45, 2.75) is 6.42 Å². The third-order valence-electron chi connectivity index (χ3n) is 2.44. The van der Waals surface area contributed by atoms with Crippen molar-refractivity contribution >= 4 is 11.6 Å². The summed E-state index contributed by atoms with van der Waals surface area (Å²) >= 11 is 0. The van der Waals surface area contributed by atoms with Gasteiger partial charge in [-0.3, -0.25) is 4.79 Å². The smallest absolute Gasteiger partial charge is 0.250 e. The van der Waals surface area contributed by atoms with Crippen molar-refractivity contribution in [1.29, 1.82) is 0 Å². The lowest BCUT2D eigenvalue weighted by molar-refractivity contribution is -0.114. The molecule has 0 radical (unpaired) electrons. The highest BCUT2D eigenvalue weighted by Gasteiger charge is 2.24. The second-order valence-electron chi connectivity index (χ2n) is 3.22. The minimum Gasteiger partial charge on any atom is -0.508 e. The van der Waals surface area contributed by atoms with Crippen LogP contribution in [0.3, 0.4) is 0 Å². The molecule has 0 atom stereocenters. The highest BCUT2D eigenvalue weighted by atomic mass is 16.3. The van der Waals surface area contributed by atoms with E-state index in [4.69, 9.17) is 0 Å². The summed E-state index contributed by atoms with van der Waals surface area (Å²) in [4.78, 5) is 13.0. The standard InChI is InChI=1S/C11H11NO2/c1-2-11(14)12-7-6-8-9(12)4-3-5-10(8)13/h2-5,13H,1,6-7H2. The number of nitrogens with zero attached hydrogens (tertiary/aromatic N) is 1. The van der Waals surface area contributed by atoms with Crippen LogP contribution in [0.4, 0.5) is 5.69 Å². The van der Waals surface area contributed by atoms with Crippen LogP contribution in [0, 0.1) is 0 Å². The van der Waals surface area contributed by atoms with Gasteiger partial charge in [-0.1, -0.05) is 12.6 Å². The molecule has 1 amide bonds. The van der Waals surface area contributed by atoms with Crippen molar-refractivity contribution in [2.75, 3.05) is 11.4 Å². The average molecular weight is 189 g/mol. The summed E-state index contributed by atoms with van der Waals surface area (Å²) in [6, 6.07) is 5.22. The predicted octanol–water partition coefficient (Wildman–Crippen LogP) is 1.47. The molecule has 3 nitrogen and oxygen atoms in total. The predicted molar refractivity (Wildman–Crippen MR) is 54.4 cm³/mol. The SMILES string of the molecule is C=CC(=O)N1CCc2c(O)cccc21. The molecule has 0 aromatic heterocycles. The van der Waals surface area contributed by atoms with Gasteiger partial charge in [0.1, 0.15) is 5.75 Å². The van der Waals surface area contributed by atoms with Crippen LogP contribution >= 0.6 is 0 Å². The van der Waals surface area contributed by atoms with Crippen LogP contribution in [-0.4, -0.2) is 17.6 Å². The van der Waals surface area contributed by atoms with Crippen molar-refractivity contribution in [3.63, 3.8) is 0 Å². The van der Waals surface area contributed by atoms with E-state index in [9.17, 15) is 9.90 Å². The fraction of sp³-hybridized carbons (Fsp3) is 0.182. The third-order valence-corrected chi connectivity index (χ3v) is 2.44. The van der Waals surface area contributed by atoms with Gasteiger partial charge in [0, 0.05) is 12.1 Å². The van der Waals surface area contributed by atoms with E-state index in [0.717, 1.165) is 11.3 Å². The van der Waals surface area contributed by atoms with Gasteiger partial charge in [-0.2, -0.15) is 0 Å². The zero-order valence-corrected chi connectivity index (χ0v) is 7.73. The molecule has 0 saturated heterocycles. The molecule has 0 spiro atoms. The van der Waals surface area contributed by atoms with Crippen LogP contribution < -0.4 is 4.90 Å². The average Bonchev–Trinajstić information content (AvgIpc) is 2.62. The topological polar surface area (TPSA) is 40.5 Å². The van der Waals surface area contributed by atoms with Crippen LogP contribution in [0.25, 0.3) is 0 Å². The van der Waals surface area contributed by atoms with Gasteiger partial charge in [0.2, 0.25) is 5.91 Å². The van der Waals surface area contributed by atoms with Crippen LogP contribution in [-0.2, 0) is 11.2 Å². The van der Waals surface area contributed by atoms with E-state index in [0.29, 0.717) is 13.0 Å². The Balaban J connectivity index is 2.44. The fourth-order valence-electron chi connectivity index (χ4n) is 1.75. The Labute approximate surface area is 82.3 Å². The molecule has 1 aromatic rings. The first-order valence-corrected chi connectivity index (χ1v) is 4.49. The number of hydrogen-bond acceptors (Lipinski definition) is 2. The molecule has 1 N–H and O–H groups in total. The first kappa shape index (κ1) is 8.81. The molecule has 1 aliphatic rings. The number of aromatic hydroxyl groups is 1. The molecule has 0 bridgehead atoms. The normalized spacial score (nSPS) is 13.9. The van der Waals surface area contributed by atoms with Crippen molar-refractivity contribution in [3.8, 4) is 5.75 Å². The largest absolute Gasteiger partial charge is 0.508 e. The van der Waals surface area contributed by atoms with Crippen LogP contribution in [0.5, 0.6) is 5.75 Å². The highest BCUT2D eigenvalue weighted by molar-refractivity contribution is 6.02. The lowest BCUT2D eigenvalue weighted by Gasteiger charge is -2.14. The molecule has 2 rings (SSSR count). The molecule has 1 heterocycles. The summed E-state index contributed by atoms with van der Waals surface area (Å²) in [5.41, 5.74) is 1.65. The van der Waals surface area contributed by atoms with Crippen molar-refractivity contribution in [3.05, 3.63) is 36.4 Å². The summed E-state index contributed by atoms with van der Waals surface area (Å²) in [6.45, 7) is 4.07. The summed E-state index contributed by atoms with van der Waals surface area (Å²) < 4.78 is 0. The molecule has 14 heavy (non-hydrogen) atoms. The van der Waals surface area contributed by atoms with E-state index in [1.165, 1.54) is 6.08 Å². The number of phenols is 1. The lowest BCUT2D eigenvalue weighted by Crippen LogP contribution is -2.26. The molecule has 1 aromatic carbocycles. The number of phenolic OH excluding ortho intramolecular Hbond substituents is 1. The molecular weight excluding hydrogens is 178 g/mol. The first-order chi connectivity index (χ1) is 6.74. The molecule has 1 aliphatic heterocycles. The van der Waals surface area contributed by atoms with Crippen LogP contribution in [0.2, 0.25) is 0 Å². The van der Waals surface area contributed by atoms with E-state index in [2.05, 4.69) is 6.58 Å². The zero-order chi connectivity index (χ0) is 10.1. The lowest BCUT2D eigenvalue weighted by atomic mass is 10.1. The second-order valence-corrected chi connectivity index (χ2v) is 3.22. The zero-order valence-electron chi connectivity index (χ0n) is 7.73. The number of benzene rings is 1. The van der Waals surface area contributed by atoms with Gasteiger partial charge in [-0.05, 0) is 24.6 Å². The molecule has 0 fully saturated rings. The maximum absolute atomic E-state index is 11.4. The molecule has 0 aliphatic carbocycles. The first-order valence-electron chi connectivity index (χ1n) is 4.49. The Hall–Kier alpha value is -1.77. The maximum atomic E-state index is 11.4. The monoisotopic (exact) mass is 189 g/mol. The number of fused-ring (bicyclic) bond motifs is 1. The third kappa shape index (κ3) is 1.18. The summed E-state index contributed by atoms with van der Waals surface area (Å²) in [5, 5.41) is 9.54. The van der Waals surface area contributed by atoms with Gasteiger partial charge >= 0.3 is 0 Å². The number of rotatable bonds is 1. The Morgan fingerprint density at radius 3 is 3.07 bits per heavy atom. The molecule has 3 heteroatoms. The molecule has 72 valence electrons. The summed E-state index contributed by atoms with van der Waals surface area (Å²) in [6.07, 6.45) is 2.00. The number of carbonyl (C=O) groups is 1. The van der Waals surface area contributed by atoms with E-state index < -0.39 is 0 Å². The van der Waals surface area contributed by atoms with Gasteiger partial charge in [-0.15, -0.1) is 0 Å². The number of amides is 1. The highest BCUT2D eigenvalue weighted by Crippen LogP contribution is 2.34. The summed E-state index contributed by atoms with van der Waals surface area (Å²) in [7, 11) is 0. The minimum atomic E-state index is -0.116. The Morgan fingerprint density at radius 2 is 2.36 bits per heavy atom. The summed E-state index contributed by atoms with van der Waals surface area (Å²) in [5.74, 6) is 0.149. The van der Waals surface area contributed by atoms with E-state index in [-0.39, 0.29) is 11.7 Å². The number of hydrogen-bond donors (Lipinski definition) is 1. The van der Waals surface area contributed by atoms with Gasteiger partial charge in [0.15, 0.2) is 0 Å². The minimum absolute atomic E-state index is 0.116. The van der Waals surface area contributed by atoms with Crippen molar-refractivity contribution in [1.82, 2.24) is 0 Å². The molecular formula is C11H11NO2. The van der Waals surface area contributed by atoms with Crippen LogP contribution in [0.1, 0.15) is 5.56 Å². The van der Waals surface area contributed by atoms with Crippen molar-refractivity contribution < 1.29 is 9.90 Å². The van der Waals surface area contributed by atoms with Gasteiger partial charge in [-0.25, -0.2) is 0 Å². The Kier molecular flexibility index (Phi) is 2.00. The Morgan fingerprint density at radius 1 is 1.57 bits per heavy atom. The van der Waals surface area contributed by atoms with E-state index >= 15 is 0 Å². The number of anilines is 1. The molecule has 0 unspecified atom stereocenters. The quantitative estimate of drug-likeness (QED) is 0.679.